The van der Waals surface area contributed by atoms with Crippen molar-refractivity contribution < 1.29 is 9.59 Å². The first-order valence-corrected chi connectivity index (χ1v) is 8.07. The Labute approximate surface area is 139 Å². The van der Waals surface area contributed by atoms with Gasteiger partial charge in [0.15, 0.2) is 0 Å². The van der Waals surface area contributed by atoms with Gasteiger partial charge >= 0.3 is 0 Å². The first-order chi connectivity index (χ1) is 11.4. The van der Waals surface area contributed by atoms with Gasteiger partial charge in [-0.05, 0) is 18.9 Å². The van der Waals surface area contributed by atoms with Gasteiger partial charge in [-0.15, -0.1) is 0 Å². The summed E-state index contributed by atoms with van der Waals surface area (Å²) < 4.78 is 1.42. The summed E-state index contributed by atoms with van der Waals surface area (Å²) in [4.78, 5) is 43.3. The number of nitrogens with one attached hydrogen (secondary N) is 1. The average molecular weight is 330 g/mol. The molecule has 7 heteroatoms. The number of piperidine rings is 1. The summed E-state index contributed by atoms with van der Waals surface area (Å²) in [5, 5.41) is 0.648. The molecule has 128 valence electrons. The van der Waals surface area contributed by atoms with Crippen LogP contribution in [0.25, 0.3) is 10.9 Å². The second kappa shape index (κ2) is 6.14. The van der Waals surface area contributed by atoms with Crippen LogP contribution in [0.15, 0.2) is 23.3 Å². The fourth-order valence-corrected chi connectivity index (χ4v) is 3.30. The van der Waals surface area contributed by atoms with E-state index in [9.17, 15) is 14.4 Å². The Bertz CT molecular complexity index is 841. The fourth-order valence-electron chi connectivity index (χ4n) is 3.30. The maximum atomic E-state index is 12.9. The molecular formula is C17H22N4O3. The molecule has 0 radical (unpaired) electrons. The van der Waals surface area contributed by atoms with Crippen molar-refractivity contribution in [3.8, 4) is 0 Å². The molecule has 2 aromatic rings. The Morgan fingerprint density at radius 1 is 1.25 bits per heavy atom. The smallest absolute Gasteiger partial charge is 0.274 e. The van der Waals surface area contributed by atoms with E-state index in [1.807, 2.05) is 0 Å². The molecular weight excluding hydrogens is 308 g/mol. The number of aromatic nitrogens is 2. The molecule has 0 unspecified atom stereocenters. The fraction of sp³-hybridized carbons (Fsp3) is 0.471. The second-order valence-electron chi connectivity index (χ2n) is 6.52. The first-order valence-electron chi connectivity index (χ1n) is 8.07. The van der Waals surface area contributed by atoms with Crippen LogP contribution < -0.4 is 5.56 Å². The molecule has 1 aliphatic rings. The number of amides is 2. The summed E-state index contributed by atoms with van der Waals surface area (Å²) in [6.07, 6.45) is 4.61. The molecule has 7 nitrogen and oxygen atoms in total. The van der Waals surface area contributed by atoms with Crippen molar-refractivity contribution in [3.63, 3.8) is 0 Å². The van der Waals surface area contributed by atoms with Crippen molar-refractivity contribution in [2.75, 3.05) is 27.2 Å². The molecule has 24 heavy (non-hydrogen) atoms. The van der Waals surface area contributed by atoms with Crippen molar-refractivity contribution in [2.45, 2.75) is 12.8 Å². The third-order valence-corrected chi connectivity index (χ3v) is 4.70. The van der Waals surface area contributed by atoms with Gasteiger partial charge in [0.2, 0.25) is 5.91 Å². The van der Waals surface area contributed by atoms with Gasteiger partial charge in [0.05, 0.1) is 5.56 Å². The summed E-state index contributed by atoms with van der Waals surface area (Å²) in [7, 11) is 5.15. The maximum absolute atomic E-state index is 12.9. The SMILES string of the molecule is CN(C)C(=O)C1CCN(C(=O)c2cn(C)c(=O)c3[nH]ccc23)CC1. The average Bonchev–Trinajstić information content (AvgIpc) is 3.07. The highest BCUT2D eigenvalue weighted by Gasteiger charge is 2.29. The number of pyridine rings is 1. The van der Waals surface area contributed by atoms with E-state index in [1.54, 1.807) is 49.4 Å². The summed E-state index contributed by atoms with van der Waals surface area (Å²) >= 11 is 0. The van der Waals surface area contributed by atoms with Crippen LogP contribution in [-0.2, 0) is 11.8 Å². The van der Waals surface area contributed by atoms with Crippen LogP contribution in [0.3, 0.4) is 0 Å². The molecule has 1 saturated heterocycles. The van der Waals surface area contributed by atoms with Gasteiger partial charge in [0.1, 0.15) is 5.52 Å². The number of H-pyrrole nitrogens is 1. The van der Waals surface area contributed by atoms with Gasteiger partial charge in [-0.25, -0.2) is 0 Å². The molecule has 0 atom stereocenters. The quantitative estimate of drug-likeness (QED) is 0.885. The van der Waals surface area contributed by atoms with Crippen LogP contribution in [0.5, 0.6) is 0 Å². The molecule has 1 N–H and O–H groups in total. The molecule has 2 aromatic heterocycles. The topological polar surface area (TPSA) is 78.4 Å². The number of aryl methyl sites for hydroxylation is 1. The lowest BCUT2D eigenvalue weighted by atomic mass is 9.95. The second-order valence-corrected chi connectivity index (χ2v) is 6.52. The molecule has 3 heterocycles. The van der Waals surface area contributed by atoms with Crippen LogP contribution >= 0.6 is 0 Å². The molecule has 0 saturated carbocycles. The molecule has 1 aliphatic heterocycles. The highest BCUT2D eigenvalue weighted by molar-refractivity contribution is 6.06. The van der Waals surface area contributed by atoms with Crippen LogP contribution in [0.1, 0.15) is 23.2 Å². The number of nitrogens with zero attached hydrogens (tertiary/aromatic N) is 3. The Morgan fingerprint density at radius 3 is 2.54 bits per heavy atom. The zero-order chi connectivity index (χ0) is 17.4. The van der Waals surface area contributed by atoms with Crippen LogP contribution in [0.4, 0.5) is 0 Å². The molecule has 0 spiro atoms. The zero-order valence-corrected chi connectivity index (χ0v) is 14.2. The van der Waals surface area contributed by atoms with E-state index in [0.717, 1.165) is 0 Å². The van der Waals surface area contributed by atoms with E-state index in [0.29, 0.717) is 42.4 Å². The van der Waals surface area contributed by atoms with Gasteiger partial charge < -0.3 is 19.4 Å². The largest absolute Gasteiger partial charge is 0.357 e. The van der Waals surface area contributed by atoms with Gasteiger partial charge in [0, 0.05) is 57.9 Å². The third-order valence-electron chi connectivity index (χ3n) is 4.70. The minimum atomic E-state index is -0.151. The van der Waals surface area contributed by atoms with E-state index in [2.05, 4.69) is 4.98 Å². The number of rotatable bonds is 2. The third kappa shape index (κ3) is 2.70. The predicted octanol–water partition coefficient (Wildman–Crippen LogP) is 0.807. The van der Waals surface area contributed by atoms with Crippen molar-refractivity contribution in [1.29, 1.82) is 0 Å². The Balaban J connectivity index is 1.82. The van der Waals surface area contributed by atoms with Gasteiger partial charge in [-0.2, -0.15) is 0 Å². The van der Waals surface area contributed by atoms with Gasteiger partial charge in [0.25, 0.3) is 11.5 Å². The normalized spacial score (nSPS) is 15.7. The van der Waals surface area contributed by atoms with E-state index < -0.39 is 0 Å². The highest BCUT2D eigenvalue weighted by Crippen LogP contribution is 2.22. The van der Waals surface area contributed by atoms with E-state index in [-0.39, 0.29) is 23.3 Å². The summed E-state index contributed by atoms with van der Waals surface area (Å²) in [5.41, 5.74) is 0.814. The number of hydrogen-bond acceptors (Lipinski definition) is 3. The molecule has 0 bridgehead atoms. The van der Waals surface area contributed by atoms with Crippen molar-refractivity contribution in [3.05, 3.63) is 34.4 Å². The maximum Gasteiger partial charge on any atom is 0.274 e. The van der Waals surface area contributed by atoms with Crippen molar-refractivity contribution in [2.24, 2.45) is 13.0 Å². The zero-order valence-electron chi connectivity index (χ0n) is 14.2. The highest BCUT2D eigenvalue weighted by atomic mass is 16.2. The minimum Gasteiger partial charge on any atom is -0.357 e. The van der Waals surface area contributed by atoms with Gasteiger partial charge in [-0.1, -0.05) is 0 Å². The lowest BCUT2D eigenvalue weighted by Gasteiger charge is -2.32. The van der Waals surface area contributed by atoms with Gasteiger partial charge in [-0.3, -0.25) is 14.4 Å². The standard InChI is InChI=1S/C17H22N4O3/c1-19(2)15(22)11-5-8-21(9-6-11)16(23)13-10-20(3)17(24)14-12(13)4-7-18-14/h4,7,10-11,18H,5-6,8-9H2,1-3H3. The van der Waals surface area contributed by atoms with Crippen LogP contribution in [0.2, 0.25) is 0 Å². The Morgan fingerprint density at radius 2 is 1.92 bits per heavy atom. The Hall–Kier alpha value is -2.57. The molecule has 3 rings (SSSR count). The monoisotopic (exact) mass is 330 g/mol. The van der Waals surface area contributed by atoms with Crippen molar-refractivity contribution in [1.82, 2.24) is 19.4 Å². The van der Waals surface area contributed by atoms with E-state index >= 15 is 0 Å². The lowest BCUT2D eigenvalue weighted by Crippen LogP contribution is -2.43. The van der Waals surface area contributed by atoms with E-state index in [1.165, 1.54) is 4.57 Å². The lowest BCUT2D eigenvalue weighted by molar-refractivity contribution is -0.134. The predicted molar refractivity (Wildman–Crippen MR) is 90.9 cm³/mol. The number of hydrogen-bond donors (Lipinski definition) is 1. The van der Waals surface area contributed by atoms with Crippen LogP contribution in [0, 0.1) is 5.92 Å². The molecule has 0 aromatic carbocycles. The number of likely N-dealkylation sites (tertiary alicyclic amines) is 1. The Kier molecular flexibility index (Phi) is 4.17. The minimum absolute atomic E-state index is 0.0172. The number of fused-ring (bicyclic) bond motifs is 1. The summed E-state index contributed by atoms with van der Waals surface area (Å²) in [5.74, 6) is 0.0136. The summed E-state index contributed by atoms with van der Waals surface area (Å²) in [6.45, 7) is 1.11. The first kappa shape index (κ1) is 16.3. The number of aromatic amines is 1. The van der Waals surface area contributed by atoms with Crippen molar-refractivity contribution >= 4 is 22.7 Å². The number of carbonyl (C=O) groups excluding carboxylic acids is 2. The molecule has 2 amide bonds. The molecule has 0 aliphatic carbocycles. The number of carbonyl (C=O) groups is 2. The summed E-state index contributed by atoms with van der Waals surface area (Å²) in [6, 6.07) is 1.76. The molecule has 1 fully saturated rings. The van der Waals surface area contributed by atoms with E-state index in [4.69, 9.17) is 0 Å². The van der Waals surface area contributed by atoms with Crippen LogP contribution in [-0.4, -0.2) is 58.4 Å².